The van der Waals surface area contributed by atoms with Gasteiger partial charge in [-0.3, -0.25) is 10.1 Å². The van der Waals surface area contributed by atoms with Gasteiger partial charge in [0.25, 0.3) is 0 Å². The topological polar surface area (TPSA) is 64.4 Å². The molecule has 3 unspecified atom stereocenters. The summed E-state index contributed by atoms with van der Waals surface area (Å²) in [6.07, 6.45) is 1.83. The van der Waals surface area contributed by atoms with E-state index >= 15 is 0 Å². The SMILES string of the molecule is CCC1(C)C(NC)CC1Oc1c(C)cc(Br)cc1[N+](=O)[O-]. The Morgan fingerprint density at radius 2 is 2.24 bits per heavy atom. The Hall–Kier alpha value is -1.14. The number of nitrogens with zero attached hydrogens (tertiary/aromatic N) is 1. The molecule has 0 radical (unpaired) electrons. The zero-order valence-corrected chi connectivity index (χ0v) is 14.4. The summed E-state index contributed by atoms with van der Waals surface area (Å²) in [5, 5.41) is 14.6. The number of ether oxygens (including phenoxy) is 1. The lowest BCUT2D eigenvalue weighted by atomic mass is 9.61. The van der Waals surface area contributed by atoms with Crippen molar-refractivity contribution in [2.24, 2.45) is 5.41 Å². The number of nitro benzene ring substituents is 1. The first-order valence-corrected chi connectivity index (χ1v) is 7.91. The first kappa shape index (κ1) is 16.2. The molecule has 6 heteroatoms. The van der Waals surface area contributed by atoms with Crippen LogP contribution >= 0.6 is 15.9 Å². The summed E-state index contributed by atoms with van der Waals surface area (Å²) >= 11 is 3.30. The molecular weight excluding hydrogens is 336 g/mol. The highest BCUT2D eigenvalue weighted by molar-refractivity contribution is 9.10. The van der Waals surface area contributed by atoms with E-state index in [1.165, 1.54) is 6.07 Å². The van der Waals surface area contributed by atoms with E-state index in [2.05, 4.69) is 35.1 Å². The van der Waals surface area contributed by atoms with E-state index < -0.39 is 0 Å². The van der Waals surface area contributed by atoms with Crippen molar-refractivity contribution in [2.45, 2.75) is 45.8 Å². The van der Waals surface area contributed by atoms with Crippen LogP contribution in [0.5, 0.6) is 5.75 Å². The smallest absolute Gasteiger partial charge is 0.312 e. The van der Waals surface area contributed by atoms with Gasteiger partial charge in [-0.25, -0.2) is 0 Å². The average molecular weight is 357 g/mol. The van der Waals surface area contributed by atoms with Crippen LogP contribution in [0.3, 0.4) is 0 Å². The Kier molecular flexibility index (Phi) is 4.58. The van der Waals surface area contributed by atoms with E-state index in [-0.39, 0.29) is 22.1 Å². The second-order valence-electron chi connectivity index (χ2n) is 5.87. The predicted octanol–water partition coefficient (Wildman–Crippen LogP) is 3.82. The summed E-state index contributed by atoms with van der Waals surface area (Å²) < 4.78 is 6.76. The minimum atomic E-state index is -0.384. The number of halogens is 1. The Bertz CT molecular complexity index is 564. The molecule has 21 heavy (non-hydrogen) atoms. The highest BCUT2D eigenvalue weighted by Gasteiger charge is 2.52. The highest BCUT2D eigenvalue weighted by atomic mass is 79.9. The monoisotopic (exact) mass is 356 g/mol. The molecule has 0 spiro atoms. The van der Waals surface area contributed by atoms with Gasteiger partial charge in [-0.1, -0.05) is 29.8 Å². The molecule has 1 fully saturated rings. The maximum atomic E-state index is 11.3. The van der Waals surface area contributed by atoms with Gasteiger partial charge in [0.15, 0.2) is 5.75 Å². The normalized spacial score (nSPS) is 28.0. The van der Waals surface area contributed by atoms with Gasteiger partial charge in [0.05, 0.1) is 4.92 Å². The van der Waals surface area contributed by atoms with E-state index in [9.17, 15) is 10.1 Å². The van der Waals surface area contributed by atoms with Gasteiger partial charge < -0.3 is 10.1 Å². The largest absolute Gasteiger partial charge is 0.483 e. The number of nitrogens with one attached hydrogen (secondary N) is 1. The zero-order valence-electron chi connectivity index (χ0n) is 12.8. The number of hydrogen-bond acceptors (Lipinski definition) is 4. The Morgan fingerprint density at radius 1 is 1.57 bits per heavy atom. The molecular formula is C15H21BrN2O3. The van der Waals surface area contributed by atoms with Crippen molar-refractivity contribution in [3.05, 3.63) is 32.3 Å². The Labute approximate surface area is 133 Å². The van der Waals surface area contributed by atoms with Crippen LogP contribution < -0.4 is 10.1 Å². The zero-order chi connectivity index (χ0) is 15.8. The molecule has 0 heterocycles. The molecule has 1 aliphatic carbocycles. The van der Waals surface area contributed by atoms with Crippen LogP contribution in [0.25, 0.3) is 0 Å². The highest BCUT2D eigenvalue weighted by Crippen LogP contribution is 2.47. The summed E-state index contributed by atoms with van der Waals surface area (Å²) in [6, 6.07) is 3.74. The molecule has 116 valence electrons. The van der Waals surface area contributed by atoms with E-state index in [1.807, 2.05) is 20.0 Å². The summed E-state index contributed by atoms with van der Waals surface area (Å²) in [7, 11) is 1.95. The van der Waals surface area contributed by atoms with Crippen molar-refractivity contribution in [3.8, 4) is 5.75 Å². The molecule has 3 atom stereocenters. The minimum Gasteiger partial charge on any atom is -0.483 e. The molecule has 1 aromatic rings. The maximum absolute atomic E-state index is 11.3. The van der Waals surface area contributed by atoms with Crippen molar-refractivity contribution >= 4 is 21.6 Å². The molecule has 0 bridgehead atoms. The van der Waals surface area contributed by atoms with Crippen LogP contribution in [0.2, 0.25) is 0 Å². The van der Waals surface area contributed by atoms with Crippen LogP contribution in [0, 0.1) is 22.5 Å². The maximum Gasteiger partial charge on any atom is 0.312 e. The van der Waals surface area contributed by atoms with Crippen molar-refractivity contribution in [3.63, 3.8) is 0 Å². The molecule has 1 aliphatic rings. The van der Waals surface area contributed by atoms with E-state index in [1.54, 1.807) is 0 Å². The van der Waals surface area contributed by atoms with Gasteiger partial charge >= 0.3 is 5.69 Å². The van der Waals surface area contributed by atoms with Crippen molar-refractivity contribution in [1.29, 1.82) is 0 Å². The number of nitro groups is 1. The Morgan fingerprint density at radius 3 is 2.76 bits per heavy atom. The molecule has 1 aromatic carbocycles. The molecule has 5 nitrogen and oxygen atoms in total. The van der Waals surface area contributed by atoms with E-state index in [0.29, 0.717) is 16.3 Å². The van der Waals surface area contributed by atoms with Crippen molar-refractivity contribution in [1.82, 2.24) is 5.32 Å². The van der Waals surface area contributed by atoms with Gasteiger partial charge in [-0.2, -0.15) is 0 Å². The lowest BCUT2D eigenvalue weighted by molar-refractivity contribution is -0.386. The number of benzene rings is 1. The van der Waals surface area contributed by atoms with Crippen LogP contribution in [-0.2, 0) is 0 Å². The summed E-state index contributed by atoms with van der Waals surface area (Å²) in [6.45, 7) is 6.13. The van der Waals surface area contributed by atoms with E-state index in [0.717, 1.165) is 18.4 Å². The van der Waals surface area contributed by atoms with Crippen molar-refractivity contribution in [2.75, 3.05) is 7.05 Å². The standard InChI is InChI=1S/C15H21BrN2O3/c1-5-15(3)12(17-4)8-13(15)21-14-9(2)6-10(16)7-11(14)18(19)20/h6-7,12-13,17H,5,8H2,1-4H3. The summed E-state index contributed by atoms with van der Waals surface area (Å²) in [5.41, 5.74) is 0.804. The van der Waals surface area contributed by atoms with Crippen molar-refractivity contribution < 1.29 is 9.66 Å². The quantitative estimate of drug-likeness (QED) is 0.643. The second-order valence-corrected chi connectivity index (χ2v) is 6.79. The third-order valence-corrected chi connectivity index (χ3v) is 5.23. The van der Waals surface area contributed by atoms with E-state index in [4.69, 9.17) is 4.74 Å². The molecule has 0 aromatic heterocycles. The molecule has 2 rings (SSSR count). The minimum absolute atomic E-state index is 0.00137. The number of aryl methyl sites for hydroxylation is 1. The lowest BCUT2D eigenvalue weighted by Crippen LogP contribution is -2.62. The first-order valence-electron chi connectivity index (χ1n) is 7.12. The molecule has 0 aliphatic heterocycles. The van der Waals surface area contributed by atoms with Crippen LogP contribution in [0.1, 0.15) is 32.3 Å². The van der Waals surface area contributed by atoms with Gasteiger partial charge in [-0.15, -0.1) is 0 Å². The first-order chi connectivity index (χ1) is 9.83. The fourth-order valence-electron chi connectivity index (χ4n) is 3.06. The third kappa shape index (κ3) is 2.79. The summed E-state index contributed by atoms with van der Waals surface area (Å²) in [5.74, 6) is 0.391. The predicted molar refractivity (Wildman–Crippen MR) is 85.8 cm³/mol. The van der Waals surface area contributed by atoms with Gasteiger partial charge in [0.2, 0.25) is 0 Å². The Balaban J connectivity index is 2.31. The number of rotatable bonds is 5. The van der Waals surface area contributed by atoms with Gasteiger partial charge in [0, 0.05) is 28.4 Å². The van der Waals surface area contributed by atoms with Crippen LogP contribution in [-0.4, -0.2) is 24.1 Å². The fraction of sp³-hybridized carbons (Fsp3) is 0.600. The molecule has 0 amide bonds. The van der Waals surface area contributed by atoms with Gasteiger partial charge in [-0.05, 0) is 32.0 Å². The van der Waals surface area contributed by atoms with Crippen LogP contribution in [0.4, 0.5) is 5.69 Å². The van der Waals surface area contributed by atoms with Crippen LogP contribution in [0.15, 0.2) is 16.6 Å². The second kappa shape index (κ2) is 5.93. The molecule has 1 N–H and O–H groups in total. The lowest BCUT2D eigenvalue weighted by Gasteiger charge is -2.53. The van der Waals surface area contributed by atoms with Gasteiger partial charge in [0.1, 0.15) is 6.10 Å². The fourth-order valence-corrected chi connectivity index (χ4v) is 3.62. The average Bonchev–Trinajstić information content (AvgIpc) is 2.42. The number of hydrogen-bond donors (Lipinski definition) is 1. The summed E-state index contributed by atoms with van der Waals surface area (Å²) in [4.78, 5) is 10.9. The molecule has 0 saturated heterocycles. The molecule has 1 saturated carbocycles. The third-order valence-electron chi connectivity index (χ3n) is 4.77.